The van der Waals surface area contributed by atoms with Gasteiger partial charge in [-0.25, -0.2) is 14.6 Å². The number of hydrogen-bond donors (Lipinski definition) is 1. The lowest BCUT2D eigenvalue weighted by Crippen LogP contribution is -2.27. The second-order valence-corrected chi connectivity index (χ2v) is 4.64. The summed E-state index contributed by atoms with van der Waals surface area (Å²) in [5.74, 6) is -0.463. The van der Waals surface area contributed by atoms with Crippen molar-refractivity contribution < 1.29 is 14.3 Å². The molecule has 0 unspecified atom stereocenters. The Bertz CT molecular complexity index is 468. The highest BCUT2D eigenvalue weighted by Crippen LogP contribution is 2.23. The molecule has 0 radical (unpaired) electrons. The first-order chi connectivity index (χ1) is 8.45. The van der Waals surface area contributed by atoms with Crippen molar-refractivity contribution in [1.29, 1.82) is 0 Å². The number of aryl methyl sites for hydroxylation is 1. The molecule has 0 bridgehead atoms. The standard InChI is InChI=1S/C11H15N3O3S/c1-5-6-17-9(15)8-7(2)12-10(18-8)13-11(16)14(3)4/h5H,1,6H2,2-4H3,(H,12,13,16). The van der Waals surface area contributed by atoms with Crippen LogP contribution in [0.1, 0.15) is 15.4 Å². The SMILES string of the molecule is C=CCOC(=O)c1sc(NC(=O)N(C)C)nc1C. The number of carbonyl (C=O) groups excluding carboxylic acids is 2. The largest absolute Gasteiger partial charge is 0.457 e. The minimum absolute atomic E-state index is 0.148. The number of thiazole rings is 1. The van der Waals surface area contributed by atoms with Gasteiger partial charge >= 0.3 is 12.0 Å². The molecule has 18 heavy (non-hydrogen) atoms. The molecule has 1 aromatic rings. The smallest absolute Gasteiger partial charge is 0.350 e. The Morgan fingerprint density at radius 3 is 2.78 bits per heavy atom. The van der Waals surface area contributed by atoms with E-state index in [4.69, 9.17) is 4.74 Å². The van der Waals surface area contributed by atoms with Gasteiger partial charge in [0, 0.05) is 14.1 Å². The number of nitrogens with zero attached hydrogens (tertiary/aromatic N) is 2. The summed E-state index contributed by atoms with van der Waals surface area (Å²) in [7, 11) is 3.24. The molecule has 1 N–H and O–H groups in total. The van der Waals surface area contributed by atoms with Crippen molar-refractivity contribution in [2.45, 2.75) is 6.92 Å². The van der Waals surface area contributed by atoms with Gasteiger partial charge in [-0.1, -0.05) is 24.0 Å². The third kappa shape index (κ3) is 3.56. The summed E-state index contributed by atoms with van der Waals surface area (Å²) in [6.45, 7) is 5.30. The molecular weight excluding hydrogens is 254 g/mol. The van der Waals surface area contributed by atoms with Crippen LogP contribution in [0.2, 0.25) is 0 Å². The van der Waals surface area contributed by atoms with Crippen molar-refractivity contribution in [3.8, 4) is 0 Å². The number of esters is 1. The molecule has 0 fully saturated rings. The minimum Gasteiger partial charge on any atom is -0.457 e. The van der Waals surface area contributed by atoms with Crippen molar-refractivity contribution in [1.82, 2.24) is 9.88 Å². The molecule has 0 spiro atoms. The first-order valence-corrected chi connectivity index (χ1v) is 6.01. The lowest BCUT2D eigenvalue weighted by Gasteiger charge is -2.09. The highest BCUT2D eigenvalue weighted by molar-refractivity contribution is 7.17. The van der Waals surface area contributed by atoms with E-state index in [1.807, 2.05) is 0 Å². The summed E-state index contributed by atoms with van der Waals surface area (Å²) in [6.07, 6.45) is 1.49. The Hall–Kier alpha value is -1.89. The summed E-state index contributed by atoms with van der Waals surface area (Å²) in [4.78, 5) is 28.9. The number of hydrogen-bond acceptors (Lipinski definition) is 5. The van der Waals surface area contributed by atoms with Crippen LogP contribution < -0.4 is 5.32 Å². The topological polar surface area (TPSA) is 71.5 Å². The highest BCUT2D eigenvalue weighted by Gasteiger charge is 2.17. The average molecular weight is 269 g/mol. The third-order valence-corrected chi connectivity index (χ3v) is 2.99. The van der Waals surface area contributed by atoms with Gasteiger partial charge in [-0.3, -0.25) is 5.32 Å². The molecular formula is C11H15N3O3S. The zero-order valence-electron chi connectivity index (χ0n) is 10.5. The molecule has 98 valence electrons. The number of nitrogens with one attached hydrogen (secondary N) is 1. The van der Waals surface area contributed by atoms with Crippen molar-refractivity contribution >= 4 is 28.5 Å². The molecule has 0 saturated heterocycles. The number of carbonyl (C=O) groups is 2. The van der Waals surface area contributed by atoms with E-state index in [9.17, 15) is 9.59 Å². The Morgan fingerprint density at radius 1 is 1.56 bits per heavy atom. The first kappa shape index (κ1) is 14.2. The molecule has 6 nitrogen and oxygen atoms in total. The van der Waals surface area contributed by atoms with Gasteiger partial charge in [0.2, 0.25) is 0 Å². The van der Waals surface area contributed by atoms with E-state index in [2.05, 4.69) is 16.9 Å². The summed E-state index contributed by atoms with van der Waals surface area (Å²) in [5.41, 5.74) is 0.531. The minimum atomic E-state index is -0.463. The summed E-state index contributed by atoms with van der Waals surface area (Å²) >= 11 is 1.09. The molecule has 0 saturated carbocycles. The Labute approximate surface area is 109 Å². The first-order valence-electron chi connectivity index (χ1n) is 5.19. The van der Waals surface area contributed by atoms with E-state index in [-0.39, 0.29) is 12.6 Å². The number of urea groups is 1. The van der Waals surface area contributed by atoms with Crippen LogP contribution in [0, 0.1) is 6.92 Å². The fraction of sp³-hybridized carbons (Fsp3) is 0.364. The van der Waals surface area contributed by atoms with Crippen LogP contribution in [0.25, 0.3) is 0 Å². The zero-order valence-corrected chi connectivity index (χ0v) is 11.3. The van der Waals surface area contributed by atoms with Gasteiger partial charge in [0.25, 0.3) is 0 Å². The molecule has 0 aliphatic heterocycles. The van der Waals surface area contributed by atoms with Gasteiger partial charge in [0.05, 0.1) is 5.69 Å². The molecule has 1 rings (SSSR count). The van der Waals surface area contributed by atoms with Crippen LogP contribution in [0.4, 0.5) is 9.93 Å². The maximum Gasteiger partial charge on any atom is 0.350 e. The van der Waals surface area contributed by atoms with Crippen molar-refractivity contribution in [3.63, 3.8) is 0 Å². The Kier molecular flexibility index (Phi) is 4.85. The predicted octanol–water partition coefficient (Wildman–Crippen LogP) is 1.89. The van der Waals surface area contributed by atoms with Gasteiger partial charge in [-0.2, -0.15) is 0 Å². The number of aromatic nitrogens is 1. The van der Waals surface area contributed by atoms with Crippen molar-refractivity contribution in [2.75, 3.05) is 26.0 Å². The number of amides is 2. The zero-order chi connectivity index (χ0) is 13.7. The lowest BCUT2D eigenvalue weighted by molar-refractivity contribution is 0.0554. The highest BCUT2D eigenvalue weighted by atomic mass is 32.1. The van der Waals surface area contributed by atoms with Gasteiger partial charge in [0.1, 0.15) is 11.5 Å². The van der Waals surface area contributed by atoms with E-state index < -0.39 is 5.97 Å². The molecule has 2 amide bonds. The number of ether oxygens (including phenoxy) is 1. The predicted molar refractivity (Wildman–Crippen MR) is 70.0 cm³/mol. The maximum atomic E-state index is 11.6. The van der Waals surface area contributed by atoms with Crippen LogP contribution >= 0.6 is 11.3 Å². The van der Waals surface area contributed by atoms with E-state index in [0.29, 0.717) is 15.7 Å². The maximum absolute atomic E-state index is 11.6. The second kappa shape index (κ2) is 6.15. The van der Waals surface area contributed by atoms with E-state index in [0.717, 1.165) is 11.3 Å². The fourth-order valence-corrected chi connectivity index (χ4v) is 1.89. The van der Waals surface area contributed by atoms with Crippen LogP contribution in [0.5, 0.6) is 0 Å². The average Bonchev–Trinajstić information content (AvgIpc) is 2.67. The Balaban J connectivity index is 2.78. The molecule has 0 atom stereocenters. The van der Waals surface area contributed by atoms with E-state index in [1.54, 1.807) is 21.0 Å². The summed E-state index contributed by atoms with van der Waals surface area (Å²) in [6, 6.07) is -0.297. The monoisotopic (exact) mass is 269 g/mol. The number of rotatable bonds is 4. The van der Waals surface area contributed by atoms with E-state index >= 15 is 0 Å². The van der Waals surface area contributed by atoms with Gasteiger partial charge in [-0.15, -0.1) is 0 Å². The molecule has 0 aromatic carbocycles. The normalized spacial score (nSPS) is 9.72. The molecule has 0 aliphatic carbocycles. The Morgan fingerprint density at radius 2 is 2.22 bits per heavy atom. The van der Waals surface area contributed by atoms with Gasteiger partial charge in [0.15, 0.2) is 5.13 Å². The van der Waals surface area contributed by atoms with E-state index in [1.165, 1.54) is 11.0 Å². The fourth-order valence-electron chi connectivity index (χ4n) is 1.04. The molecule has 7 heteroatoms. The van der Waals surface area contributed by atoms with Crippen LogP contribution in [-0.4, -0.2) is 42.6 Å². The molecule has 1 heterocycles. The molecule has 1 aromatic heterocycles. The quantitative estimate of drug-likeness (QED) is 0.669. The van der Waals surface area contributed by atoms with Crippen LogP contribution in [0.3, 0.4) is 0 Å². The molecule has 0 aliphatic rings. The summed E-state index contributed by atoms with van der Waals surface area (Å²) in [5, 5.41) is 2.95. The van der Waals surface area contributed by atoms with Crippen LogP contribution in [0.15, 0.2) is 12.7 Å². The second-order valence-electron chi connectivity index (χ2n) is 3.65. The van der Waals surface area contributed by atoms with Gasteiger partial charge < -0.3 is 9.64 Å². The van der Waals surface area contributed by atoms with Crippen molar-refractivity contribution in [2.24, 2.45) is 0 Å². The van der Waals surface area contributed by atoms with Crippen LogP contribution in [-0.2, 0) is 4.74 Å². The lowest BCUT2D eigenvalue weighted by atomic mass is 10.4. The van der Waals surface area contributed by atoms with Crippen molar-refractivity contribution in [3.05, 3.63) is 23.2 Å². The number of anilines is 1. The summed E-state index contributed by atoms with van der Waals surface area (Å²) < 4.78 is 4.91. The van der Waals surface area contributed by atoms with Gasteiger partial charge in [-0.05, 0) is 6.92 Å². The third-order valence-electron chi connectivity index (χ3n) is 1.93.